The van der Waals surface area contributed by atoms with Gasteiger partial charge in [0.15, 0.2) is 0 Å². The number of hydrogen-bond donors (Lipinski definition) is 1. The lowest BCUT2D eigenvalue weighted by Crippen LogP contribution is -2.14. The number of aromatic nitrogens is 1. The van der Waals surface area contributed by atoms with E-state index in [1.54, 1.807) is 0 Å². The monoisotopic (exact) mass is 490 g/mol. The molecule has 9 heteroatoms. The fraction of sp³-hybridized carbons (Fsp3) is 0.115. The maximum Gasteiger partial charge on any atom is 0.340 e. The van der Waals surface area contributed by atoms with Gasteiger partial charge in [-0.1, -0.05) is 54.6 Å². The second kappa shape index (κ2) is 9.94. The van der Waals surface area contributed by atoms with Crippen LogP contribution in [-0.2, 0) is 26.1 Å². The van der Waals surface area contributed by atoms with Crippen LogP contribution in [0.1, 0.15) is 26.4 Å². The number of nitrogens with one attached hydrogen (secondary N) is 1. The molecule has 1 aromatic heterocycles. The highest BCUT2D eigenvalue weighted by Crippen LogP contribution is 2.34. The van der Waals surface area contributed by atoms with Crippen LogP contribution in [0.4, 0.5) is 5.69 Å². The summed E-state index contributed by atoms with van der Waals surface area (Å²) >= 11 is 0. The van der Waals surface area contributed by atoms with Gasteiger partial charge < -0.3 is 9.47 Å². The molecule has 8 nitrogen and oxygen atoms in total. The summed E-state index contributed by atoms with van der Waals surface area (Å²) in [6, 6.07) is 22.7. The first kappa shape index (κ1) is 23.9. The largest absolute Gasteiger partial charge is 0.465 e. The average Bonchev–Trinajstić information content (AvgIpc) is 2.85. The van der Waals surface area contributed by atoms with Crippen molar-refractivity contribution < 1.29 is 27.5 Å². The highest BCUT2D eigenvalue weighted by atomic mass is 32.2. The van der Waals surface area contributed by atoms with Gasteiger partial charge in [0.1, 0.15) is 6.61 Å². The van der Waals surface area contributed by atoms with Crippen LogP contribution in [0, 0.1) is 0 Å². The number of para-hydroxylation sites is 1. The molecule has 178 valence electrons. The maximum atomic E-state index is 12.9. The van der Waals surface area contributed by atoms with Gasteiger partial charge in [0.25, 0.3) is 0 Å². The third-order valence-electron chi connectivity index (χ3n) is 5.16. The molecule has 4 rings (SSSR count). The molecule has 3 aromatic carbocycles. The van der Waals surface area contributed by atoms with E-state index >= 15 is 0 Å². The number of pyridine rings is 1. The van der Waals surface area contributed by atoms with Crippen LogP contribution in [0.25, 0.3) is 22.0 Å². The van der Waals surface area contributed by atoms with Gasteiger partial charge in [-0.15, -0.1) is 0 Å². The maximum absolute atomic E-state index is 12.9. The minimum Gasteiger partial charge on any atom is -0.465 e. The number of rotatable bonds is 7. The zero-order chi connectivity index (χ0) is 25.0. The topological polar surface area (TPSA) is 112 Å². The standard InChI is InChI=1S/C26H22N2O6S/c1-33-26(30)24-22(16-34-25(29)18-11-8-12-19(15-18)28-35(2,31)32)27-21-14-7-6-13-20(21)23(24)17-9-4-3-5-10-17/h3-15,28H,16H2,1-2H3. The Kier molecular flexibility index (Phi) is 6.79. The van der Waals surface area contributed by atoms with Gasteiger partial charge >= 0.3 is 11.9 Å². The molecule has 0 bridgehead atoms. The van der Waals surface area contributed by atoms with Gasteiger partial charge in [0.05, 0.1) is 35.7 Å². The number of nitrogens with zero attached hydrogens (tertiary/aromatic N) is 1. The summed E-state index contributed by atoms with van der Waals surface area (Å²) < 4.78 is 35.9. The third kappa shape index (κ3) is 5.47. The summed E-state index contributed by atoms with van der Waals surface area (Å²) in [6.45, 7) is -0.294. The molecule has 0 aliphatic rings. The Hall–Kier alpha value is -4.24. The van der Waals surface area contributed by atoms with Gasteiger partial charge in [-0.3, -0.25) is 4.72 Å². The zero-order valence-corrected chi connectivity index (χ0v) is 19.8. The number of carbonyl (C=O) groups is 2. The summed E-state index contributed by atoms with van der Waals surface area (Å²) in [5.74, 6) is -1.30. The quantitative estimate of drug-likeness (QED) is 0.382. The van der Waals surface area contributed by atoms with E-state index < -0.39 is 22.0 Å². The van der Waals surface area contributed by atoms with Crippen molar-refractivity contribution in [3.05, 3.63) is 95.7 Å². The normalized spacial score (nSPS) is 11.1. The van der Waals surface area contributed by atoms with Crippen molar-refractivity contribution in [3.63, 3.8) is 0 Å². The van der Waals surface area contributed by atoms with Crippen LogP contribution >= 0.6 is 0 Å². The summed E-state index contributed by atoms with van der Waals surface area (Å²) in [7, 11) is -2.23. The number of methoxy groups -OCH3 is 1. The van der Waals surface area contributed by atoms with Crippen molar-refractivity contribution in [1.82, 2.24) is 4.98 Å². The molecule has 0 aliphatic heterocycles. The number of fused-ring (bicyclic) bond motifs is 1. The van der Waals surface area contributed by atoms with Crippen LogP contribution in [0.5, 0.6) is 0 Å². The Morgan fingerprint density at radius 3 is 2.34 bits per heavy atom. The van der Waals surface area contributed by atoms with Crippen LogP contribution in [0.2, 0.25) is 0 Å². The number of ether oxygens (including phenoxy) is 2. The number of carbonyl (C=O) groups excluding carboxylic acids is 2. The van der Waals surface area contributed by atoms with E-state index in [0.29, 0.717) is 11.1 Å². The summed E-state index contributed by atoms with van der Waals surface area (Å²) in [5, 5.41) is 0.758. The molecular weight excluding hydrogens is 468 g/mol. The predicted octanol–water partition coefficient (Wildman–Crippen LogP) is 4.42. The summed E-state index contributed by atoms with van der Waals surface area (Å²) in [4.78, 5) is 30.3. The first-order valence-electron chi connectivity index (χ1n) is 10.6. The Bertz CT molecular complexity index is 1520. The lowest BCUT2D eigenvalue weighted by atomic mass is 9.94. The lowest BCUT2D eigenvalue weighted by Gasteiger charge is -2.16. The molecule has 0 fully saturated rings. The Labute approximate surface area is 202 Å². The first-order valence-corrected chi connectivity index (χ1v) is 12.5. The molecule has 0 atom stereocenters. The number of anilines is 1. The van der Waals surface area contributed by atoms with E-state index in [1.807, 2.05) is 54.6 Å². The smallest absolute Gasteiger partial charge is 0.340 e. The molecule has 0 saturated carbocycles. The molecule has 0 spiro atoms. The minimum atomic E-state index is -3.51. The fourth-order valence-electron chi connectivity index (χ4n) is 3.73. The molecule has 4 aromatic rings. The van der Waals surface area contributed by atoms with E-state index in [4.69, 9.17) is 9.47 Å². The molecule has 0 amide bonds. The lowest BCUT2D eigenvalue weighted by molar-refractivity contribution is 0.0456. The van der Waals surface area contributed by atoms with Crippen molar-refractivity contribution in [3.8, 4) is 11.1 Å². The van der Waals surface area contributed by atoms with Gasteiger partial charge in [-0.2, -0.15) is 0 Å². The molecule has 0 unspecified atom stereocenters. The van der Waals surface area contributed by atoms with Crippen LogP contribution < -0.4 is 4.72 Å². The van der Waals surface area contributed by atoms with Crippen molar-refractivity contribution in [2.24, 2.45) is 0 Å². The summed E-state index contributed by atoms with van der Waals surface area (Å²) in [5.41, 5.74) is 2.87. The molecule has 1 heterocycles. The van der Waals surface area contributed by atoms with E-state index in [0.717, 1.165) is 17.2 Å². The highest BCUT2D eigenvalue weighted by molar-refractivity contribution is 7.92. The second-order valence-corrected chi connectivity index (χ2v) is 9.46. The molecule has 0 aliphatic carbocycles. The Morgan fingerprint density at radius 1 is 0.914 bits per heavy atom. The Morgan fingerprint density at radius 2 is 1.63 bits per heavy atom. The number of benzene rings is 3. The van der Waals surface area contributed by atoms with E-state index in [9.17, 15) is 18.0 Å². The third-order valence-corrected chi connectivity index (χ3v) is 5.77. The molecule has 1 N–H and O–H groups in total. The van der Waals surface area contributed by atoms with Gasteiger partial charge in [-0.05, 0) is 29.8 Å². The zero-order valence-electron chi connectivity index (χ0n) is 19.0. The molecule has 0 radical (unpaired) electrons. The van der Waals surface area contributed by atoms with E-state index in [-0.39, 0.29) is 29.1 Å². The number of hydrogen-bond acceptors (Lipinski definition) is 7. The summed E-state index contributed by atoms with van der Waals surface area (Å²) in [6.07, 6.45) is 1.02. The first-order chi connectivity index (χ1) is 16.8. The van der Waals surface area contributed by atoms with Crippen LogP contribution in [-0.4, -0.2) is 38.7 Å². The van der Waals surface area contributed by atoms with Gasteiger partial charge in [0.2, 0.25) is 10.0 Å². The molecule has 0 saturated heterocycles. The van der Waals surface area contributed by atoms with E-state index in [2.05, 4.69) is 9.71 Å². The number of esters is 2. The predicted molar refractivity (Wildman–Crippen MR) is 133 cm³/mol. The van der Waals surface area contributed by atoms with Gasteiger partial charge in [0, 0.05) is 16.6 Å². The van der Waals surface area contributed by atoms with Crippen molar-refractivity contribution in [1.29, 1.82) is 0 Å². The molecule has 35 heavy (non-hydrogen) atoms. The SMILES string of the molecule is COC(=O)c1c(COC(=O)c2cccc(NS(C)(=O)=O)c2)nc2ccccc2c1-c1ccccc1. The number of sulfonamides is 1. The van der Waals surface area contributed by atoms with Crippen molar-refractivity contribution in [2.45, 2.75) is 6.61 Å². The van der Waals surface area contributed by atoms with Crippen LogP contribution in [0.15, 0.2) is 78.9 Å². The Balaban J connectivity index is 1.74. The van der Waals surface area contributed by atoms with Crippen molar-refractivity contribution >= 4 is 38.6 Å². The minimum absolute atomic E-state index is 0.141. The van der Waals surface area contributed by atoms with Gasteiger partial charge in [-0.25, -0.2) is 23.0 Å². The second-order valence-electron chi connectivity index (χ2n) is 7.71. The van der Waals surface area contributed by atoms with Crippen molar-refractivity contribution in [2.75, 3.05) is 18.1 Å². The fourth-order valence-corrected chi connectivity index (χ4v) is 4.29. The molecular formula is C26H22N2O6S. The highest BCUT2D eigenvalue weighted by Gasteiger charge is 2.24. The average molecular weight is 491 g/mol. The van der Waals surface area contributed by atoms with E-state index in [1.165, 1.54) is 31.4 Å². The van der Waals surface area contributed by atoms with Crippen LogP contribution in [0.3, 0.4) is 0 Å².